The molecular weight excluding hydrogens is 356 g/mol. The lowest BCUT2D eigenvalue weighted by molar-refractivity contribution is -0.146. The van der Waals surface area contributed by atoms with E-state index in [-0.39, 0.29) is 18.5 Å². The summed E-state index contributed by atoms with van der Waals surface area (Å²) in [5.41, 5.74) is 0. The number of alkyl carbamates (subject to hydrolysis) is 1. The Hall–Kier alpha value is -1.56. The fourth-order valence-corrected chi connectivity index (χ4v) is 2.52. The highest BCUT2D eigenvalue weighted by molar-refractivity contribution is 5.70. The summed E-state index contributed by atoms with van der Waals surface area (Å²) in [5.74, 6) is -0.372. The molecule has 0 fully saturated rings. The van der Waals surface area contributed by atoms with Gasteiger partial charge in [-0.15, -0.1) is 0 Å². The second-order valence-corrected chi connectivity index (χ2v) is 7.05. The molecule has 0 aliphatic carbocycles. The van der Waals surface area contributed by atoms with Gasteiger partial charge < -0.3 is 19.7 Å². The first kappa shape index (κ1) is 26.4. The van der Waals surface area contributed by atoms with E-state index >= 15 is 0 Å². The number of rotatable bonds is 16. The van der Waals surface area contributed by atoms with Crippen LogP contribution in [0.4, 0.5) is 4.79 Å². The number of hydrogen-bond acceptors (Lipinski definition) is 5. The number of likely N-dealkylation sites (N-methyl/N-ethyl adjacent to an activating group) is 1. The Bertz CT molecular complexity index is 438. The Balaban J connectivity index is 4.37. The zero-order valence-corrected chi connectivity index (χ0v) is 18.1. The molecule has 0 saturated carbocycles. The first-order chi connectivity index (χ1) is 13.4. The van der Waals surface area contributed by atoms with Crippen molar-refractivity contribution in [1.29, 1.82) is 0 Å². The van der Waals surface area contributed by atoms with Crippen LogP contribution < -0.4 is 5.32 Å². The fraction of sp³-hybridized carbons (Fsp3) is 0.727. The van der Waals surface area contributed by atoms with Crippen molar-refractivity contribution in [2.45, 2.75) is 77.4 Å². The van der Waals surface area contributed by atoms with Gasteiger partial charge in [-0.1, -0.05) is 38.8 Å². The molecule has 0 saturated heterocycles. The minimum atomic E-state index is -0.628. The molecule has 1 unspecified atom stereocenters. The molecule has 0 aliphatic rings. The third-order valence-electron chi connectivity index (χ3n) is 4.34. The summed E-state index contributed by atoms with van der Waals surface area (Å²) in [4.78, 5) is 25.9. The predicted octanol–water partition coefficient (Wildman–Crippen LogP) is 4.31. The van der Waals surface area contributed by atoms with E-state index in [1.54, 1.807) is 0 Å². The normalized spacial score (nSPS) is 12.5. The molecule has 0 aliphatic heterocycles. The highest BCUT2D eigenvalue weighted by Gasteiger charge is 2.17. The standard InChI is InChI=1S/C22H40N2O4/c1-6-8-9-10-11-12-13-14-20(15-16-21(25)27-19(3)4)28-22(26)23-17-18-24(5)7-2/h11-12,19-20H,3-4,6-10,13-18H2,1-2,5H3,(H,23,26)/b12-11-. The number of carbonyl (C=O) groups excluding carboxylic acids is 2. The van der Waals surface area contributed by atoms with Crippen LogP contribution in [-0.2, 0) is 14.3 Å². The van der Waals surface area contributed by atoms with Crippen LogP contribution in [0.15, 0.2) is 12.2 Å². The second kappa shape index (κ2) is 17.5. The van der Waals surface area contributed by atoms with Crippen molar-refractivity contribution in [3.63, 3.8) is 0 Å². The van der Waals surface area contributed by atoms with Gasteiger partial charge in [0.05, 0.1) is 0 Å². The summed E-state index contributed by atoms with van der Waals surface area (Å²) in [6.07, 6.45) is 9.73. The highest BCUT2D eigenvalue weighted by atomic mass is 16.6. The molecular formula is C22H40N2O4. The van der Waals surface area contributed by atoms with Gasteiger partial charge in [0.2, 0.25) is 0 Å². The molecule has 1 amide bonds. The summed E-state index contributed by atoms with van der Waals surface area (Å²) in [7, 11) is 1.99. The van der Waals surface area contributed by atoms with E-state index in [0.717, 1.165) is 25.9 Å². The molecule has 0 heterocycles. The van der Waals surface area contributed by atoms with Crippen molar-refractivity contribution in [3.8, 4) is 0 Å². The summed E-state index contributed by atoms with van der Waals surface area (Å²) in [6, 6.07) is 0. The van der Waals surface area contributed by atoms with Gasteiger partial charge in [0, 0.05) is 19.5 Å². The third-order valence-corrected chi connectivity index (χ3v) is 4.34. The van der Waals surface area contributed by atoms with Gasteiger partial charge >= 0.3 is 12.1 Å². The molecule has 0 bridgehead atoms. The molecule has 162 valence electrons. The zero-order valence-electron chi connectivity index (χ0n) is 18.1. The number of nitrogens with zero attached hydrogens (tertiary/aromatic N) is 1. The molecule has 0 aromatic heterocycles. The number of allylic oxidation sites excluding steroid dienone is 2. The van der Waals surface area contributed by atoms with Gasteiger partial charge in [-0.05, 0) is 59.5 Å². The van der Waals surface area contributed by atoms with Crippen molar-refractivity contribution >= 4 is 12.1 Å². The number of ether oxygens (including phenoxy) is 2. The largest absolute Gasteiger partial charge is 0.462 e. The van der Waals surface area contributed by atoms with E-state index in [2.05, 4.69) is 50.1 Å². The van der Waals surface area contributed by atoms with E-state index in [1.165, 1.54) is 19.3 Å². The van der Waals surface area contributed by atoms with Crippen LogP contribution in [0.3, 0.4) is 0 Å². The van der Waals surface area contributed by atoms with Crippen LogP contribution in [0.1, 0.15) is 65.2 Å². The molecule has 1 N–H and O–H groups in total. The Kier molecular flexibility index (Phi) is 16.6. The molecule has 6 heteroatoms. The molecule has 0 spiro atoms. The lowest BCUT2D eigenvalue weighted by Crippen LogP contribution is -2.35. The summed E-state index contributed by atoms with van der Waals surface area (Å²) in [6.45, 7) is 13.5. The zero-order chi connectivity index (χ0) is 21.2. The van der Waals surface area contributed by atoms with Crippen molar-refractivity contribution in [2.75, 3.05) is 26.7 Å². The van der Waals surface area contributed by atoms with Crippen LogP contribution in [-0.4, -0.2) is 55.9 Å². The summed E-state index contributed by atoms with van der Waals surface area (Å²) in [5, 5.41) is 2.77. The summed E-state index contributed by atoms with van der Waals surface area (Å²) < 4.78 is 10.5. The highest BCUT2D eigenvalue weighted by Crippen LogP contribution is 2.12. The smallest absolute Gasteiger partial charge is 0.407 e. The average Bonchev–Trinajstić information content (AvgIpc) is 2.64. The molecule has 28 heavy (non-hydrogen) atoms. The van der Waals surface area contributed by atoms with Crippen molar-refractivity contribution in [2.24, 2.45) is 0 Å². The average molecular weight is 397 g/mol. The summed E-state index contributed by atoms with van der Waals surface area (Å²) >= 11 is 0. The van der Waals surface area contributed by atoms with Crippen molar-refractivity contribution in [3.05, 3.63) is 26.0 Å². The molecule has 6 nitrogen and oxygen atoms in total. The number of hydrogen-bond donors (Lipinski definition) is 1. The van der Waals surface area contributed by atoms with E-state index in [9.17, 15) is 9.59 Å². The maximum atomic E-state index is 12.0. The Labute approximate surface area is 172 Å². The maximum absolute atomic E-state index is 12.0. The van der Waals surface area contributed by atoms with Crippen molar-refractivity contribution in [1.82, 2.24) is 10.2 Å². The van der Waals surface area contributed by atoms with E-state index < -0.39 is 12.2 Å². The number of unbranched alkanes of at least 4 members (excludes halogenated alkanes) is 3. The second-order valence-electron chi connectivity index (χ2n) is 7.05. The Morgan fingerprint density at radius 1 is 1.07 bits per heavy atom. The topological polar surface area (TPSA) is 67.9 Å². The first-order valence-corrected chi connectivity index (χ1v) is 10.5. The van der Waals surface area contributed by atoms with Gasteiger partial charge in [0.1, 0.15) is 12.2 Å². The molecule has 0 aromatic rings. The maximum Gasteiger partial charge on any atom is 0.407 e. The van der Waals surface area contributed by atoms with E-state index in [0.29, 0.717) is 19.4 Å². The van der Waals surface area contributed by atoms with Crippen molar-refractivity contribution < 1.29 is 19.1 Å². The molecule has 0 rings (SSSR count). The third kappa shape index (κ3) is 16.6. The molecule has 1 atom stereocenters. The van der Waals surface area contributed by atoms with E-state index in [4.69, 9.17) is 9.47 Å². The predicted molar refractivity (Wildman–Crippen MR) is 114 cm³/mol. The number of esters is 1. The Morgan fingerprint density at radius 2 is 1.79 bits per heavy atom. The van der Waals surface area contributed by atoms with Crippen LogP contribution in [0.2, 0.25) is 0 Å². The molecule has 0 aromatic carbocycles. The van der Waals surface area contributed by atoms with Crippen LogP contribution in [0.5, 0.6) is 0 Å². The van der Waals surface area contributed by atoms with Crippen LogP contribution in [0, 0.1) is 13.8 Å². The van der Waals surface area contributed by atoms with Crippen LogP contribution >= 0.6 is 0 Å². The number of amides is 1. The monoisotopic (exact) mass is 396 g/mol. The van der Waals surface area contributed by atoms with Gasteiger partial charge in [-0.3, -0.25) is 4.79 Å². The minimum absolute atomic E-state index is 0.179. The molecule has 2 radical (unpaired) electrons. The fourth-order valence-electron chi connectivity index (χ4n) is 2.52. The van der Waals surface area contributed by atoms with Gasteiger partial charge in [0.15, 0.2) is 0 Å². The van der Waals surface area contributed by atoms with E-state index in [1.807, 2.05) is 7.05 Å². The van der Waals surface area contributed by atoms with Gasteiger partial charge in [-0.2, -0.15) is 0 Å². The number of carbonyl (C=O) groups is 2. The Morgan fingerprint density at radius 3 is 2.43 bits per heavy atom. The number of nitrogens with one attached hydrogen (secondary N) is 1. The quantitative estimate of drug-likeness (QED) is 0.239. The first-order valence-electron chi connectivity index (χ1n) is 10.5. The van der Waals surface area contributed by atoms with Crippen LogP contribution in [0.25, 0.3) is 0 Å². The van der Waals surface area contributed by atoms with Gasteiger partial charge in [0.25, 0.3) is 0 Å². The lowest BCUT2D eigenvalue weighted by Gasteiger charge is -2.19. The minimum Gasteiger partial charge on any atom is -0.462 e. The van der Waals surface area contributed by atoms with Gasteiger partial charge in [-0.25, -0.2) is 4.79 Å². The lowest BCUT2D eigenvalue weighted by atomic mass is 10.1. The SMILES string of the molecule is [CH2]C([CH2])OC(=O)CCC(CC/C=C\CCCCC)OC(=O)NCCN(C)CC.